The van der Waals surface area contributed by atoms with E-state index >= 15 is 0 Å². The van der Waals surface area contributed by atoms with Gasteiger partial charge in [0.25, 0.3) is 0 Å². The second-order valence-corrected chi connectivity index (χ2v) is 6.91. The lowest BCUT2D eigenvalue weighted by Gasteiger charge is -2.33. The minimum absolute atomic E-state index is 0.363. The summed E-state index contributed by atoms with van der Waals surface area (Å²) < 4.78 is 6.35. The molecule has 1 saturated carbocycles. The van der Waals surface area contributed by atoms with Gasteiger partial charge >= 0.3 is 0 Å². The largest absolute Gasteiger partial charge is 0.490 e. The number of ether oxygens (including phenoxy) is 1. The zero-order valence-electron chi connectivity index (χ0n) is 13.6. The van der Waals surface area contributed by atoms with Gasteiger partial charge in [-0.25, -0.2) is 0 Å². The van der Waals surface area contributed by atoms with Crippen LogP contribution in [-0.2, 0) is 0 Å². The van der Waals surface area contributed by atoms with Gasteiger partial charge in [-0.05, 0) is 67.2 Å². The third-order valence-corrected chi connectivity index (χ3v) is 4.86. The first-order valence-corrected chi connectivity index (χ1v) is 7.95. The lowest BCUT2D eigenvalue weighted by molar-refractivity contribution is 0.0994. The molecule has 0 spiro atoms. The Bertz CT molecular complexity index is 467. The molecule has 1 aromatic carbocycles. The Labute approximate surface area is 123 Å². The number of aryl methyl sites for hydroxylation is 1. The van der Waals surface area contributed by atoms with E-state index in [-0.39, 0.29) is 0 Å². The second-order valence-electron chi connectivity index (χ2n) is 6.91. The SMILES string of the molecule is Cc1cc(OC2CCC(C)C(C)C2)c(C(C)C)cc1N. The Morgan fingerprint density at radius 1 is 1.15 bits per heavy atom. The summed E-state index contributed by atoms with van der Waals surface area (Å²) >= 11 is 0. The first-order chi connectivity index (χ1) is 9.38. The normalized spacial score (nSPS) is 26.8. The van der Waals surface area contributed by atoms with Gasteiger partial charge in [-0.1, -0.05) is 27.7 Å². The summed E-state index contributed by atoms with van der Waals surface area (Å²) in [5.41, 5.74) is 9.26. The first kappa shape index (κ1) is 15.2. The lowest BCUT2D eigenvalue weighted by Crippen LogP contribution is -2.29. The summed E-state index contributed by atoms with van der Waals surface area (Å²) in [5.74, 6) is 3.06. The Morgan fingerprint density at radius 3 is 2.45 bits per heavy atom. The summed E-state index contributed by atoms with van der Waals surface area (Å²) in [6.07, 6.45) is 3.98. The van der Waals surface area contributed by atoms with Crippen molar-refractivity contribution in [3.05, 3.63) is 23.3 Å². The maximum Gasteiger partial charge on any atom is 0.123 e. The van der Waals surface area contributed by atoms with Crippen LogP contribution in [0.1, 0.15) is 64.0 Å². The first-order valence-electron chi connectivity index (χ1n) is 7.95. The van der Waals surface area contributed by atoms with E-state index in [2.05, 4.69) is 46.8 Å². The molecule has 1 aliphatic carbocycles. The molecular weight excluding hydrogens is 246 g/mol. The average Bonchev–Trinajstić information content (AvgIpc) is 2.37. The highest BCUT2D eigenvalue weighted by Crippen LogP contribution is 2.36. The molecule has 1 fully saturated rings. The number of anilines is 1. The molecule has 0 heterocycles. The summed E-state index contributed by atoms with van der Waals surface area (Å²) in [7, 11) is 0. The Morgan fingerprint density at radius 2 is 1.85 bits per heavy atom. The van der Waals surface area contributed by atoms with Crippen LogP contribution in [0, 0.1) is 18.8 Å². The van der Waals surface area contributed by atoms with Crippen molar-refractivity contribution >= 4 is 5.69 Å². The van der Waals surface area contributed by atoms with Crippen LogP contribution in [0.5, 0.6) is 5.75 Å². The monoisotopic (exact) mass is 275 g/mol. The van der Waals surface area contributed by atoms with Gasteiger partial charge < -0.3 is 10.5 Å². The van der Waals surface area contributed by atoms with Crippen molar-refractivity contribution < 1.29 is 4.74 Å². The van der Waals surface area contributed by atoms with Crippen molar-refractivity contribution in [3.8, 4) is 5.75 Å². The summed E-state index contributed by atoms with van der Waals surface area (Å²) in [5, 5.41) is 0. The molecule has 1 aliphatic rings. The van der Waals surface area contributed by atoms with Gasteiger partial charge in [0.05, 0.1) is 6.10 Å². The fourth-order valence-electron chi connectivity index (χ4n) is 3.05. The molecule has 2 rings (SSSR count). The van der Waals surface area contributed by atoms with Crippen LogP contribution in [-0.4, -0.2) is 6.10 Å². The van der Waals surface area contributed by atoms with Crippen LogP contribution >= 0.6 is 0 Å². The Hall–Kier alpha value is -1.18. The van der Waals surface area contributed by atoms with E-state index in [1.165, 1.54) is 24.8 Å². The number of hydrogen-bond acceptors (Lipinski definition) is 2. The summed E-state index contributed by atoms with van der Waals surface area (Å²) in [6, 6.07) is 4.21. The summed E-state index contributed by atoms with van der Waals surface area (Å²) in [4.78, 5) is 0. The van der Waals surface area contributed by atoms with Crippen molar-refractivity contribution in [2.24, 2.45) is 11.8 Å². The highest BCUT2D eigenvalue weighted by atomic mass is 16.5. The summed E-state index contributed by atoms with van der Waals surface area (Å²) in [6.45, 7) is 11.1. The van der Waals surface area contributed by atoms with Crippen molar-refractivity contribution in [2.75, 3.05) is 5.73 Å². The van der Waals surface area contributed by atoms with Gasteiger partial charge in [-0.3, -0.25) is 0 Å². The molecule has 2 nitrogen and oxygen atoms in total. The van der Waals surface area contributed by atoms with Crippen molar-refractivity contribution in [1.29, 1.82) is 0 Å². The van der Waals surface area contributed by atoms with Crippen molar-refractivity contribution in [2.45, 2.75) is 65.9 Å². The molecule has 0 saturated heterocycles. The molecule has 0 radical (unpaired) electrons. The van der Waals surface area contributed by atoms with E-state index in [9.17, 15) is 0 Å². The lowest BCUT2D eigenvalue weighted by atomic mass is 9.80. The van der Waals surface area contributed by atoms with Crippen LogP contribution in [0.3, 0.4) is 0 Å². The smallest absolute Gasteiger partial charge is 0.123 e. The van der Waals surface area contributed by atoms with E-state index in [4.69, 9.17) is 10.5 Å². The van der Waals surface area contributed by atoms with Gasteiger partial charge in [0.15, 0.2) is 0 Å². The number of hydrogen-bond donors (Lipinski definition) is 1. The molecule has 2 N–H and O–H groups in total. The maximum atomic E-state index is 6.35. The minimum atomic E-state index is 0.363. The van der Waals surface area contributed by atoms with Crippen LogP contribution in [0.25, 0.3) is 0 Å². The zero-order valence-corrected chi connectivity index (χ0v) is 13.6. The van der Waals surface area contributed by atoms with Crippen molar-refractivity contribution in [1.82, 2.24) is 0 Å². The number of nitrogens with two attached hydrogens (primary N) is 1. The standard InChI is InChI=1S/C18H29NO/c1-11(2)16-10-17(19)14(5)9-18(16)20-15-7-6-12(3)13(4)8-15/h9-13,15H,6-8,19H2,1-5H3. The van der Waals surface area contributed by atoms with Gasteiger partial charge in [0.2, 0.25) is 0 Å². The topological polar surface area (TPSA) is 35.2 Å². The molecule has 0 aromatic heterocycles. The molecule has 0 amide bonds. The number of nitrogen functional groups attached to an aromatic ring is 1. The third kappa shape index (κ3) is 3.28. The molecule has 1 aromatic rings. The molecule has 3 unspecified atom stereocenters. The Balaban J connectivity index is 2.18. The second kappa shape index (κ2) is 6.07. The Kier molecular flexibility index (Phi) is 4.62. The molecule has 2 heteroatoms. The van der Waals surface area contributed by atoms with Crippen LogP contribution in [0.15, 0.2) is 12.1 Å². The molecule has 20 heavy (non-hydrogen) atoms. The highest BCUT2D eigenvalue weighted by Gasteiger charge is 2.26. The van der Waals surface area contributed by atoms with E-state index in [1.54, 1.807) is 0 Å². The highest BCUT2D eigenvalue weighted by molar-refractivity contribution is 5.55. The fourth-order valence-corrected chi connectivity index (χ4v) is 3.05. The minimum Gasteiger partial charge on any atom is -0.490 e. The van der Waals surface area contributed by atoms with Crippen LogP contribution in [0.2, 0.25) is 0 Å². The quantitative estimate of drug-likeness (QED) is 0.796. The third-order valence-electron chi connectivity index (χ3n) is 4.86. The number of benzene rings is 1. The van der Waals surface area contributed by atoms with Gasteiger partial charge in [-0.2, -0.15) is 0 Å². The molecule has 112 valence electrons. The van der Waals surface area contributed by atoms with E-state index in [0.29, 0.717) is 12.0 Å². The molecule has 0 aliphatic heterocycles. The van der Waals surface area contributed by atoms with Gasteiger partial charge in [-0.15, -0.1) is 0 Å². The van der Waals surface area contributed by atoms with Gasteiger partial charge in [0.1, 0.15) is 5.75 Å². The fraction of sp³-hybridized carbons (Fsp3) is 0.667. The average molecular weight is 275 g/mol. The van der Waals surface area contributed by atoms with Gasteiger partial charge in [0, 0.05) is 5.69 Å². The maximum absolute atomic E-state index is 6.35. The predicted molar refractivity (Wildman–Crippen MR) is 86.3 cm³/mol. The predicted octanol–water partition coefficient (Wildman–Crippen LogP) is 4.90. The molecular formula is C18H29NO. The van der Waals surface area contributed by atoms with E-state index < -0.39 is 0 Å². The van der Waals surface area contributed by atoms with Crippen LogP contribution < -0.4 is 10.5 Å². The number of rotatable bonds is 3. The molecule has 3 atom stereocenters. The van der Waals surface area contributed by atoms with Crippen molar-refractivity contribution in [3.63, 3.8) is 0 Å². The zero-order chi connectivity index (χ0) is 14.9. The molecule has 0 bridgehead atoms. The van der Waals surface area contributed by atoms with E-state index in [1.807, 2.05) is 0 Å². The van der Waals surface area contributed by atoms with E-state index in [0.717, 1.165) is 28.8 Å². The van der Waals surface area contributed by atoms with Crippen LogP contribution in [0.4, 0.5) is 5.69 Å².